The molecule has 0 aromatic heterocycles. The predicted octanol–water partition coefficient (Wildman–Crippen LogP) is 3.71. The van der Waals surface area contributed by atoms with E-state index in [2.05, 4.69) is 34.1 Å². The number of benzene rings is 2. The molecule has 4 rings (SSSR count). The summed E-state index contributed by atoms with van der Waals surface area (Å²) in [4.78, 5) is 7.37. The van der Waals surface area contributed by atoms with Crippen molar-refractivity contribution >= 4 is 23.4 Å². The number of ether oxygens (including phenoxy) is 1. The van der Waals surface area contributed by atoms with E-state index in [0.717, 1.165) is 49.9 Å². The van der Waals surface area contributed by atoms with Crippen LogP contribution in [0.5, 0.6) is 5.75 Å². The van der Waals surface area contributed by atoms with Crippen molar-refractivity contribution in [1.82, 2.24) is 9.80 Å². The summed E-state index contributed by atoms with van der Waals surface area (Å²) in [7, 11) is 1.74. The molecule has 1 atom stereocenters. The van der Waals surface area contributed by atoms with Crippen LogP contribution in [0.3, 0.4) is 0 Å². The maximum Gasteiger partial charge on any atom is 0.133 e. The van der Waals surface area contributed by atoms with Crippen molar-refractivity contribution in [3.63, 3.8) is 0 Å². The summed E-state index contributed by atoms with van der Waals surface area (Å²) >= 11 is 8.10. The predicted molar refractivity (Wildman–Crippen MR) is 110 cm³/mol. The molecule has 1 N–H and O–H groups in total. The van der Waals surface area contributed by atoms with E-state index in [9.17, 15) is 5.11 Å². The highest BCUT2D eigenvalue weighted by molar-refractivity contribution is 7.99. The van der Waals surface area contributed by atoms with Gasteiger partial charge in [-0.15, -0.1) is 0 Å². The van der Waals surface area contributed by atoms with Gasteiger partial charge < -0.3 is 9.84 Å². The number of methoxy groups -OCH3 is 1. The van der Waals surface area contributed by atoms with E-state index in [1.807, 2.05) is 12.1 Å². The van der Waals surface area contributed by atoms with Gasteiger partial charge in [-0.25, -0.2) is 0 Å². The van der Waals surface area contributed by atoms with E-state index in [4.69, 9.17) is 16.3 Å². The molecule has 2 aromatic rings. The summed E-state index contributed by atoms with van der Waals surface area (Å²) in [5, 5.41) is 10.00. The van der Waals surface area contributed by atoms with Crippen LogP contribution in [0.2, 0.25) is 5.02 Å². The summed E-state index contributed by atoms with van der Waals surface area (Å²) in [5.74, 6) is 0.934. The molecule has 4 nitrogen and oxygen atoms in total. The van der Waals surface area contributed by atoms with Crippen molar-refractivity contribution in [3.8, 4) is 5.75 Å². The smallest absolute Gasteiger partial charge is 0.133 e. The zero-order valence-corrected chi connectivity index (χ0v) is 17.1. The van der Waals surface area contributed by atoms with Crippen LogP contribution in [0.4, 0.5) is 0 Å². The van der Waals surface area contributed by atoms with Crippen molar-refractivity contribution in [2.45, 2.75) is 22.3 Å². The second kappa shape index (κ2) is 8.41. The molecule has 1 saturated heterocycles. The molecule has 2 aliphatic rings. The highest BCUT2D eigenvalue weighted by atomic mass is 35.5. The molecule has 2 aliphatic heterocycles. The highest BCUT2D eigenvalue weighted by Gasteiger charge is 2.31. The van der Waals surface area contributed by atoms with Gasteiger partial charge in [0.1, 0.15) is 5.75 Å². The minimum Gasteiger partial charge on any atom is -0.496 e. The molecule has 0 amide bonds. The van der Waals surface area contributed by atoms with Crippen LogP contribution in [0.25, 0.3) is 0 Å². The number of β-amino-alcohol motifs (C(OH)–C–C–N with tert-alkyl or cyclic N) is 1. The van der Waals surface area contributed by atoms with Gasteiger partial charge in [0.25, 0.3) is 0 Å². The number of aliphatic hydroxyl groups excluding tert-OH is 1. The van der Waals surface area contributed by atoms with E-state index in [-0.39, 0.29) is 6.61 Å². The molecular formula is C21H25ClN2O2S. The lowest BCUT2D eigenvalue weighted by Crippen LogP contribution is -2.48. The van der Waals surface area contributed by atoms with E-state index in [0.29, 0.717) is 6.04 Å². The van der Waals surface area contributed by atoms with Gasteiger partial charge in [-0.2, -0.15) is 0 Å². The van der Waals surface area contributed by atoms with Gasteiger partial charge in [-0.3, -0.25) is 9.80 Å². The standard InChI is InChI=1S/C21H25ClN2O2S/c1-26-19-4-2-3-17-18(24-9-7-23(8-10-24)11-12-25)14-15-13-16(22)5-6-20(15)27-21(17)19/h2-6,13,18,25H,7-12,14H2,1H3. The molecule has 0 bridgehead atoms. The number of hydrogen-bond acceptors (Lipinski definition) is 5. The monoisotopic (exact) mass is 404 g/mol. The Bertz CT molecular complexity index is 809. The normalized spacial score (nSPS) is 20.6. The molecule has 0 saturated carbocycles. The maximum atomic E-state index is 9.21. The van der Waals surface area contributed by atoms with E-state index in [1.54, 1.807) is 18.9 Å². The lowest BCUT2D eigenvalue weighted by Gasteiger charge is -2.39. The number of halogens is 1. The average molecular weight is 405 g/mol. The second-order valence-corrected chi connectivity index (χ2v) is 8.54. The van der Waals surface area contributed by atoms with Crippen molar-refractivity contribution in [2.75, 3.05) is 46.4 Å². The summed E-state index contributed by atoms with van der Waals surface area (Å²) in [6.07, 6.45) is 0.947. The molecule has 2 heterocycles. The summed E-state index contributed by atoms with van der Waals surface area (Å²) in [6, 6.07) is 12.9. The van der Waals surface area contributed by atoms with Crippen LogP contribution in [0.1, 0.15) is 17.2 Å². The fourth-order valence-corrected chi connectivity index (χ4v) is 5.46. The zero-order valence-electron chi connectivity index (χ0n) is 15.5. The Morgan fingerprint density at radius 1 is 1.19 bits per heavy atom. The topological polar surface area (TPSA) is 35.9 Å². The van der Waals surface area contributed by atoms with Gasteiger partial charge in [0.05, 0.1) is 18.6 Å². The van der Waals surface area contributed by atoms with Crippen molar-refractivity contribution < 1.29 is 9.84 Å². The fourth-order valence-electron chi connectivity index (χ4n) is 4.07. The van der Waals surface area contributed by atoms with Crippen molar-refractivity contribution in [1.29, 1.82) is 0 Å². The molecule has 1 fully saturated rings. The lowest BCUT2D eigenvalue weighted by atomic mass is 9.96. The molecule has 0 spiro atoms. The minimum atomic E-state index is 0.228. The summed E-state index contributed by atoms with van der Waals surface area (Å²) < 4.78 is 5.69. The number of hydrogen-bond donors (Lipinski definition) is 1. The van der Waals surface area contributed by atoms with Gasteiger partial charge in [0.15, 0.2) is 0 Å². The SMILES string of the molecule is COc1cccc2c1Sc1ccc(Cl)cc1CC2N1CCN(CCO)CC1. The first kappa shape index (κ1) is 19.1. The van der Waals surface area contributed by atoms with Crippen LogP contribution >= 0.6 is 23.4 Å². The van der Waals surface area contributed by atoms with Crippen LogP contribution in [0.15, 0.2) is 46.2 Å². The summed E-state index contributed by atoms with van der Waals surface area (Å²) in [5.41, 5.74) is 2.64. The molecule has 27 heavy (non-hydrogen) atoms. The Hall–Kier alpha value is -1.24. The van der Waals surface area contributed by atoms with Crippen LogP contribution in [0, 0.1) is 0 Å². The third kappa shape index (κ3) is 3.98. The molecule has 2 aromatic carbocycles. The number of nitrogens with zero attached hydrogens (tertiary/aromatic N) is 2. The van der Waals surface area contributed by atoms with Gasteiger partial charge in [-0.05, 0) is 41.8 Å². The molecule has 6 heteroatoms. The molecule has 0 aliphatic carbocycles. The number of aliphatic hydroxyl groups is 1. The van der Waals surface area contributed by atoms with E-state index in [1.165, 1.54) is 20.9 Å². The van der Waals surface area contributed by atoms with Crippen LogP contribution in [-0.2, 0) is 6.42 Å². The number of rotatable bonds is 4. The zero-order chi connectivity index (χ0) is 18.8. The summed E-state index contributed by atoms with van der Waals surface area (Å²) in [6.45, 7) is 4.98. The molecule has 0 radical (unpaired) electrons. The van der Waals surface area contributed by atoms with E-state index >= 15 is 0 Å². The van der Waals surface area contributed by atoms with Gasteiger partial charge >= 0.3 is 0 Å². The second-order valence-electron chi connectivity index (χ2n) is 7.05. The van der Waals surface area contributed by atoms with Crippen LogP contribution in [-0.4, -0.2) is 61.3 Å². The molecular weight excluding hydrogens is 380 g/mol. The first-order valence-corrected chi connectivity index (χ1v) is 10.6. The third-order valence-corrected chi connectivity index (χ3v) is 6.99. The lowest BCUT2D eigenvalue weighted by molar-refractivity contribution is 0.0822. The highest BCUT2D eigenvalue weighted by Crippen LogP contribution is 2.47. The Labute approximate surface area is 170 Å². The van der Waals surface area contributed by atoms with Crippen LogP contribution < -0.4 is 4.74 Å². The molecule has 1 unspecified atom stereocenters. The average Bonchev–Trinajstić information content (AvgIpc) is 2.85. The van der Waals surface area contributed by atoms with Gasteiger partial charge in [0, 0.05) is 48.7 Å². The Balaban J connectivity index is 1.70. The van der Waals surface area contributed by atoms with Crippen molar-refractivity contribution in [2.24, 2.45) is 0 Å². The Morgan fingerprint density at radius 3 is 2.74 bits per heavy atom. The molecule has 144 valence electrons. The maximum absolute atomic E-state index is 9.21. The van der Waals surface area contributed by atoms with Gasteiger partial charge in [0.2, 0.25) is 0 Å². The quantitative estimate of drug-likeness (QED) is 0.840. The number of piperazine rings is 1. The number of fused-ring (bicyclic) bond motifs is 2. The first-order valence-electron chi connectivity index (χ1n) is 9.40. The van der Waals surface area contributed by atoms with Gasteiger partial charge in [-0.1, -0.05) is 35.5 Å². The third-order valence-electron chi connectivity index (χ3n) is 5.50. The fraction of sp³-hybridized carbons (Fsp3) is 0.429. The Morgan fingerprint density at radius 2 is 2.00 bits per heavy atom. The van der Waals surface area contributed by atoms with E-state index < -0.39 is 0 Å². The first-order chi connectivity index (χ1) is 13.2. The minimum absolute atomic E-state index is 0.228. The Kier molecular flexibility index (Phi) is 5.95. The largest absolute Gasteiger partial charge is 0.496 e. The van der Waals surface area contributed by atoms with Crippen molar-refractivity contribution in [3.05, 3.63) is 52.5 Å².